The number of piperidine rings is 1. The van der Waals surface area contributed by atoms with Crippen LogP contribution in [0.5, 0.6) is 0 Å². The zero-order valence-corrected chi connectivity index (χ0v) is 22.0. The zero-order valence-electron chi connectivity index (χ0n) is 21.3. The molecule has 0 bridgehead atoms. The Kier molecular flexibility index (Phi) is 7.44. The SMILES string of the molecule is Cc1nn2c([C@H]3CCCN(Cc4ccc(Cl)cc4)C3)ccnc2c1CNC[C@@H]1CCOC(C)(C)C1. The fourth-order valence-electron chi connectivity index (χ4n) is 5.85. The second kappa shape index (κ2) is 10.6. The van der Waals surface area contributed by atoms with Crippen molar-refractivity contribution in [3.63, 3.8) is 0 Å². The normalized spacial score (nSPS) is 23.1. The number of aryl methyl sites for hydroxylation is 1. The van der Waals surface area contributed by atoms with E-state index >= 15 is 0 Å². The van der Waals surface area contributed by atoms with E-state index in [1.165, 1.54) is 29.7 Å². The maximum Gasteiger partial charge on any atom is 0.159 e. The lowest BCUT2D eigenvalue weighted by molar-refractivity contribution is -0.0718. The van der Waals surface area contributed by atoms with Crippen molar-refractivity contribution in [1.29, 1.82) is 0 Å². The summed E-state index contributed by atoms with van der Waals surface area (Å²) in [5.41, 5.74) is 5.85. The highest BCUT2D eigenvalue weighted by Crippen LogP contribution is 2.30. The number of halogens is 1. The predicted molar refractivity (Wildman–Crippen MR) is 141 cm³/mol. The van der Waals surface area contributed by atoms with Crippen molar-refractivity contribution >= 4 is 17.2 Å². The van der Waals surface area contributed by atoms with E-state index in [4.69, 9.17) is 26.4 Å². The number of hydrogen-bond donors (Lipinski definition) is 1. The third kappa shape index (κ3) is 5.88. The number of nitrogens with one attached hydrogen (secondary N) is 1. The minimum atomic E-state index is -0.0111. The zero-order chi connectivity index (χ0) is 24.4. The van der Waals surface area contributed by atoms with E-state index in [0.717, 1.165) is 68.5 Å². The molecule has 2 aromatic heterocycles. The molecule has 2 saturated heterocycles. The molecule has 3 aromatic rings. The van der Waals surface area contributed by atoms with Gasteiger partial charge in [0.15, 0.2) is 5.65 Å². The molecule has 188 valence electrons. The molecule has 0 amide bonds. The summed E-state index contributed by atoms with van der Waals surface area (Å²) < 4.78 is 7.99. The van der Waals surface area contributed by atoms with Gasteiger partial charge in [-0.3, -0.25) is 4.90 Å². The molecule has 0 aliphatic carbocycles. The summed E-state index contributed by atoms with van der Waals surface area (Å²) in [4.78, 5) is 7.31. The van der Waals surface area contributed by atoms with E-state index in [9.17, 15) is 0 Å². The molecule has 1 N–H and O–H groups in total. The lowest BCUT2D eigenvalue weighted by Crippen LogP contribution is -2.37. The minimum absolute atomic E-state index is 0.0111. The fourth-order valence-corrected chi connectivity index (χ4v) is 5.98. The van der Waals surface area contributed by atoms with Gasteiger partial charge in [0.25, 0.3) is 0 Å². The van der Waals surface area contributed by atoms with Gasteiger partial charge in [-0.25, -0.2) is 9.50 Å². The number of rotatable bonds is 7. The molecule has 2 fully saturated rings. The first kappa shape index (κ1) is 24.7. The first-order chi connectivity index (χ1) is 16.9. The van der Waals surface area contributed by atoms with Crippen LogP contribution in [0.4, 0.5) is 0 Å². The molecular formula is C28H38ClN5O. The summed E-state index contributed by atoms with van der Waals surface area (Å²) in [5.74, 6) is 1.10. The Bertz CT molecular complexity index is 1140. The largest absolute Gasteiger partial charge is 0.376 e. The molecule has 4 heterocycles. The van der Waals surface area contributed by atoms with Crippen molar-refractivity contribution in [2.24, 2.45) is 5.92 Å². The van der Waals surface area contributed by atoms with Gasteiger partial charge in [-0.15, -0.1) is 0 Å². The molecule has 7 heteroatoms. The maximum atomic E-state index is 6.07. The van der Waals surface area contributed by atoms with Crippen LogP contribution in [0.15, 0.2) is 36.5 Å². The van der Waals surface area contributed by atoms with E-state index in [-0.39, 0.29) is 5.60 Å². The maximum absolute atomic E-state index is 6.07. The molecule has 5 rings (SSSR count). The van der Waals surface area contributed by atoms with Crippen LogP contribution in [-0.4, -0.2) is 51.3 Å². The van der Waals surface area contributed by atoms with Gasteiger partial charge in [0.1, 0.15) is 0 Å². The first-order valence-corrected chi connectivity index (χ1v) is 13.4. The number of nitrogens with zero attached hydrogens (tertiary/aromatic N) is 4. The van der Waals surface area contributed by atoms with Crippen LogP contribution in [0.2, 0.25) is 5.02 Å². The number of hydrogen-bond acceptors (Lipinski definition) is 5. The summed E-state index contributed by atoms with van der Waals surface area (Å²) in [6.45, 7) is 12.3. The number of likely N-dealkylation sites (tertiary alicyclic amines) is 1. The molecule has 0 spiro atoms. The van der Waals surface area contributed by atoms with Gasteiger partial charge in [0.05, 0.1) is 17.0 Å². The number of fused-ring (bicyclic) bond motifs is 1. The second-order valence-corrected chi connectivity index (χ2v) is 11.4. The first-order valence-electron chi connectivity index (χ1n) is 13.0. The Morgan fingerprint density at radius 3 is 2.80 bits per heavy atom. The van der Waals surface area contributed by atoms with Crippen molar-refractivity contribution in [3.05, 3.63) is 64.1 Å². The van der Waals surface area contributed by atoms with Crippen LogP contribution in [0.1, 0.15) is 68.0 Å². The second-order valence-electron chi connectivity index (χ2n) is 11.0. The van der Waals surface area contributed by atoms with Gasteiger partial charge in [0, 0.05) is 48.9 Å². The van der Waals surface area contributed by atoms with E-state index in [1.54, 1.807) is 0 Å². The lowest BCUT2D eigenvalue weighted by Gasteiger charge is -2.35. The van der Waals surface area contributed by atoms with Crippen LogP contribution in [0, 0.1) is 12.8 Å². The molecule has 6 nitrogen and oxygen atoms in total. The van der Waals surface area contributed by atoms with Gasteiger partial charge in [0.2, 0.25) is 0 Å². The Morgan fingerprint density at radius 1 is 1.17 bits per heavy atom. The van der Waals surface area contributed by atoms with E-state index in [1.807, 2.05) is 18.3 Å². The monoisotopic (exact) mass is 495 g/mol. The Balaban J connectivity index is 1.27. The summed E-state index contributed by atoms with van der Waals surface area (Å²) in [6.07, 6.45) is 6.57. The lowest BCUT2D eigenvalue weighted by atomic mass is 9.88. The van der Waals surface area contributed by atoms with Crippen molar-refractivity contribution < 1.29 is 4.74 Å². The molecule has 2 atom stereocenters. The quantitative estimate of drug-likeness (QED) is 0.477. The van der Waals surface area contributed by atoms with Crippen molar-refractivity contribution in [2.45, 2.75) is 71.1 Å². The fraction of sp³-hybridized carbons (Fsp3) is 0.571. The highest BCUT2D eigenvalue weighted by atomic mass is 35.5. The third-order valence-electron chi connectivity index (χ3n) is 7.62. The summed E-state index contributed by atoms with van der Waals surface area (Å²) in [5, 5.41) is 9.45. The average molecular weight is 496 g/mol. The topological polar surface area (TPSA) is 54.7 Å². The van der Waals surface area contributed by atoms with E-state index in [2.05, 4.69) is 53.7 Å². The number of aromatic nitrogens is 3. The molecular weight excluding hydrogens is 458 g/mol. The Hall–Kier alpha value is -1.99. The van der Waals surface area contributed by atoms with Gasteiger partial charge in [-0.05, 0) is 89.2 Å². The molecule has 0 unspecified atom stereocenters. The van der Waals surface area contributed by atoms with E-state index < -0.39 is 0 Å². The van der Waals surface area contributed by atoms with Crippen LogP contribution in [-0.2, 0) is 17.8 Å². The molecule has 35 heavy (non-hydrogen) atoms. The van der Waals surface area contributed by atoms with Crippen LogP contribution in [0.3, 0.4) is 0 Å². The minimum Gasteiger partial charge on any atom is -0.376 e. The van der Waals surface area contributed by atoms with Crippen molar-refractivity contribution in [1.82, 2.24) is 24.8 Å². The predicted octanol–water partition coefficient (Wildman–Crippen LogP) is 5.37. The summed E-state index contributed by atoms with van der Waals surface area (Å²) in [6, 6.07) is 10.4. The molecule has 0 saturated carbocycles. The van der Waals surface area contributed by atoms with Gasteiger partial charge < -0.3 is 10.1 Å². The Morgan fingerprint density at radius 2 is 2.00 bits per heavy atom. The smallest absolute Gasteiger partial charge is 0.159 e. The van der Waals surface area contributed by atoms with Gasteiger partial charge in [-0.2, -0.15) is 5.10 Å². The van der Waals surface area contributed by atoms with Crippen molar-refractivity contribution in [2.75, 3.05) is 26.2 Å². The number of ether oxygens (including phenoxy) is 1. The van der Waals surface area contributed by atoms with Crippen LogP contribution >= 0.6 is 11.6 Å². The van der Waals surface area contributed by atoms with Gasteiger partial charge in [-0.1, -0.05) is 23.7 Å². The van der Waals surface area contributed by atoms with Gasteiger partial charge >= 0.3 is 0 Å². The molecule has 1 aromatic carbocycles. The standard InChI is InChI=1S/C28H38ClN5O/c1-20-25(17-30-16-22-11-14-35-28(2,3)15-22)27-31-12-10-26(34(27)32-20)23-5-4-13-33(19-23)18-21-6-8-24(29)9-7-21/h6-10,12,22-23,30H,4-5,11,13-19H2,1-3H3/t22-,23+/m1/s1. The summed E-state index contributed by atoms with van der Waals surface area (Å²) >= 11 is 6.07. The van der Waals surface area contributed by atoms with Crippen LogP contribution in [0.25, 0.3) is 5.65 Å². The molecule has 2 aliphatic heterocycles. The Labute approximate surface area is 214 Å². The molecule has 2 aliphatic rings. The van der Waals surface area contributed by atoms with E-state index in [0.29, 0.717) is 11.8 Å². The van der Waals surface area contributed by atoms with Crippen molar-refractivity contribution in [3.8, 4) is 0 Å². The molecule has 0 radical (unpaired) electrons. The van der Waals surface area contributed by atoms with Crippen LogP contribution < -0.4 is 5.32 Å². The summed E-state index contributed by atoms with van der Waals surface area (Å²) in [7, 11) is 0. The third-order valence-corrected chi connectivity index (χ3v) is 7.87. The average Bonchev–Trinajstić information content (AvgIpc) is 3.15. The number of benzene rings is 1. The highest BCUT2D eigenvalue weighted by molar-refractivity contribution is 6.30. The highest BCUT2D eigenvalue weighted by Gasteiger charge is 2.29.